The molecule has 4 heteroatoms. The van der Waals surface area contributed by atoms with E-state index in [0.717, 1.165) is 6.54 Å². The summed E-state index contributed by atoms with van der Waals surface area (Å²) in [6, 6.07) is 0. The maximum absolute atomic E-state index is 4.13. The van der Waals surface area contributed by atoms with Crippen LogP contribution >= 0.6 is 0 Å². The van der Waals surface area contributed by atoms with Gasteiger partial charge in [-0.1, -0.05) is 0 Å². The van der Waals surface area contributed by atoms with Crippen molar-refractivity contribution in [2.75, 3.05) is 33.2 Å². The van der Waals surface area contributed by atoms with Gasteiger partial charge in [0.1, 0.15) is 0 Å². The molecule has 0 amide bonds. The number of likely N-dealkylation sites (N-methyl/N-ethyl adjacent to an activating group) is 1. The lowest BCUT2D eigenvalue weighted by Crippen LogP contribution is -2.44. The number of piperazine rings is 1. The van der Waals surface area contributed by atoms with E-state index in [1.807, 2.05) is 12.5 Å². The number of imidazole rings is 1. The van der Waals surface area contributed by atoms with Crippen LogP contribution in [-0.2, 0) is 13.6 Å². The molecule has 2 rings (SSSR count). The molecule has 14 heavy (non-hydrogen) atoms. The van der Waals surface area contributed by atoms with Crippen molar-refractivity contribution in [3.63, 3.8) is 0 Å². The summed E-state index contributed by atoms with van der Waals surface area (Å²) < 4.78 is 2.10. The summed E-state index contributed by atoms with van der Waals surface area (Å²) in [6.07, 6.45) is 3.82. The van der Waals surface area contributed by atoms with Crippen LogP contribution in [0.1, 0.15) is 5.69 Å². The monoisotopic (exact) mass is 194 g/mol. The van der Waals surface area contributed by atoms with Crippen molar-refractivity contribution in [1.82, 2.24) is 19.4 Å². The molecule has 0 N–H and O–H groups in total. The summed E-state index contributed by atoms with van der Waals surface area (Å²) in [5.74, 6) is 0. The minimum absolute atomic E-state index is 1.03. The van der Waals surface area contributed by atoms with Gasteiger partial charge in [0, 0.05) is 46.0 Å². The molecule has 1 aromatic rings. The van der Waals surface area contributed by atoms with Gasteiger partial charge in [-0.25, -0.2) is 4.98 Å². The summed E-state index contributed by atoms with van der Waals surface area (Å²) >= 11 is 0. The summed E-state index contributed by atoms with van der Waals surface area (Å²) in [5.41, 5.74) is 1.30. The normalized spacial score (nSPS) is 20.1. The number of nitrogens with zero attached hydrogens (tertiary/aromatic N) is 4. The largest absolute Gasteiger partial charge is 0.337 e. The molecule has 0 saturated carbocycles. The van der Waals surface area contributed by atoms with Crippen LogP contribution in [0, 0.1) is 0 Å². The van der Waals surface area contributed by atoms with Crippen LogP contribution in [0.5, 0.6) is 0 Å². The van der Waals surface area contributed by atoms with Crippen molar-refractivity contribution in [3.05, 3.63) is 18.2 Å². The first-order valence-electron chi connectivity index (χ1n) is 5.12. The average Bonchev–Trinajstić information content (AvgIpc) is 2.56. The maximum Gasteiger partial charge on any atom is 0.0945 e. The van der Waals surface area contributed by atoms with Gasteiger partial charge in [-0.2, -0.15) is 0 Å². The van der Waals surface area contributed by atoms with Crippen LogP contribution in [0.4, 0.5) is 0 Å². The summed E-state index contributed by atoms with van der Waals surface area (Å²) in [7, 11) is 4.24. The van der Waals surface area contributed by atoms with Crippen LogP contribution in [0.3, 0.4) is 0 Å². The first-order chi connectivity index (χ1) is 6.75. The van der Waals surface area contributed by atoms with E-state index in [0.29, 0.717) is 0 Å². The van der Waals surface area contributed by atoms with Gasteiger partial charge in [-0.05, 0) is 7.05 Å². The summed E-state index contributed by atoms with van der Waals surface area (Å²) in [4.78, 5) is 8.99. The predicted molar refractivity (Wildman–Crippen MR) is 56.0 cm³/mol. The van der Waals surface area contributed by atoms with Crippen molar-refractivity contribution in [3.8, 4) is 0 Å². The van der Waals surface area contributed by atoms with E-state index >= 15 is 0 Å². The van der Waals surface area contributed by atoms with Crippen molar-refractivity contribution in [1.29, 1.82) is 0 Å². The van der Waals surface area contributed by atoms with E-state index in [4.69, 9.17) is 0 Å². The molecule has 1 aromatic heterocycles. The molecule has 0 atom stereocenters. The Kier molecular flexibility index (Phi) is 2.84. The Labute approximate surface area is 85.1 Å². The standard InChI is InChI=1S/C10H18N4/c1-12-3-5-14(6-4-12)8-10-7-11-9-13(10)2/h7,9H,3-6,8H2,1-2H3. The van der Waals surface area contributed by atoms with Gasteiger partial charge in [0.2, 0.25) is 0 Å². The molecular weight excluding hydrogens is 176 g/mol. The highest BCUT2D eigenvalue weighted by Gasteiger charge is 2.14. The fourth-order valence-electron chi connectivity index (χ4n) is 1.77. The Hall–Kier alpha value is -0.870. The molecule has 0 bridgehead atoms. The minimum atomic E-state index is 1.03. The van der Waals surface area contributed by atoms with Crippen LogP contribution < -0.4 is 0 Å². The zero-order chi connectivity index (χ0) is 9.97. The van der Waals surface area contributed by atoms with Crippen molar-refractivity contribution in [2.45, 2.75) is 6.54 Å². The van der Waals surface area contributed by atoms with Crippen molar-refractivity contribution < 1.29 is 0 Å². The molecule has 1 aliphatic rings. The van der Waals surface area contributed by atoms with Gasteiger partial charge in [-0.3, -0.25) is 4.90 Å². The second-order valence-electron chi connectivity index (χ2n) is 4.08. The third-order valence-electron chi connectivity index (χ3n) is 2.90. The lowest BCUT2D eigenvalue weighted by atomic mass is 10.3. The third-order valence-corrected chi connectivity index (χ3v) is 2.90. The van der Waals surface area contributed by atoms with Crippen LogP contribution in [0.15, 0.2) is 12.5 Å². The van der Waals surface area contributed by atoms with E-state index in [2.05, 4.69) is 33.4 Å². The average molecular weight is 194 g/mol. The minimum Gasteiger partial charge on any atom is -0.337 e. The molecule has 2 heterocycles. The van der Waals surface area contributed by atoms with Gasteiger partial charge in [0.25, 0.3) is 0 Å². The Morgan fingerprint density at radius 3 is 2.50 bits per heavy atom. The summed E-state index contributed by atoms with van der Waals surface area (Å²) in [5, 5.41) is 0. The van der Waals surface area contributed by atoms with Crippen LogP contribution in [-0.4, -0.2) is 52.6 Å². The van der Waals surface area contributed by atoms with E-state index in [1.165, 1.54) is 31.9 Å². The van der Waals surface area contributed by atoms with Crippen LogP contribution in [0.25, 0.3) is 0 Å². The number of aryl methyl sites for hydroxylation is 1. The molecule has 0 radical (unpaired) electrons. The van der Waals surface area contributed by atoms with E-state index in [1.54, 1.807) is 0 Å². The van der Waals surface area contributed by atoms with Gasteiger partial charge in [0.05, 0.1) is 12.0 Å². The maximum atomic E-state index is 4.13. The van der Waals surface area contributed by atoms with E-state index in [-0.39, 0.29) is 0 Å². The highest BCUT2D eigenvalue weighted by molar-refractivity contribution is 4.97. The molecule has 1 fully saturated rings. The molecule has 1 saturated heterocycles. The molecule has 78 valence electrons. The highest BCUT2D eigenvalue weighted by atomic mass is 15.3. The SMILES string of the molecule is CN1CCN(Cc2cncn2C)CC1. The molecule has 0 aromatic carbocycles. The van der Waals surface area contributed by atoms with Gasteiger partial charge in [0.15, 0.2) is 0 Å². The van der Waals surface area contributed by atoms with Gasteiger partial charge < -0.3 is 9.47 Å². The second-order valence-corrected chi connectivity index (χ2v) is 4.08. The smallest absolute Gasteiger partial charge is 0.0945 e. The fraction of sp³-hybridized carbons (Fsp3) is 0.700. The number of hydrogen-bond acceptors (Lipinski definition) is 3. The molecule has 0 unspecified atom stereocenters. The highest BCUT2D eigenvalue weighted by Crippen LogP contribution is 2.06. The molecule has 4 nitrogen and oxygen atoms in total. The van der Waals surface area contributed by atoms with Crippen LogP contribution in [0.2, 0.25) is 0 Å². The Bertz CT molecular complexity index is 286. The molecule has 0 spiro atoms. The van der Waals surface area contributed by atoms with Gasteiger partial charge in [-0.15, -0.1) is 0 Å². The molecular formula is C10H18N4. The lowest BCUT2D eigenvalue weighted by molar-refractivity contribution is 0.146. The van der Waals surface area contributed by atoms with Gasteiger partial charge >= 0.3 is 0 Å². The Morgan fingerprint density at radius 1 is 1.21 bits per heavy atom. The topological polar surface area (TPSA) is 24.3 Å². The molecule has 0 aliphatic carbocycles. The van der Waals surface area contributed by atoms with E-state index in [9.17, 15) is 0 Å². The van der Waals surface area contributed by atoms with E-state index < -0.39 is 0 Å². The van der Waals surface area contributed by atoms with Crippen molar-refractivity contribution >= 4 is 0 Å². The number of rotatable bonds is 2. The quantitative estimate of drug-likeness (QED) is 0.670. The number of hydrogen-bond donors (Lipinski definition) is 0. The zero-order valence-corrected chi connectivity index (χ0v) is 8.98. The molecule has 1 aliphatic heterocycles. The summed E-state index contributed by atoms with van der Waals surface area (Å²) in [6.45, 7) is 5.73. The zero-order valence-electron chi connectivity index (χ0n) is 8.98. The van der Waals surface area contributed by atoms with Crippen molar-refractivity contribution in [2.24, 2.45) is 7.05 Å². The fourth-order valence-corrected chi connectivity index (χ4v) is 1.77. The second kappa shape index (κ2) is 4.11. The Morgan fingerprint density at radius 2 is 1.93 bits per heavy atom. The lowest BCUT2D eigenvalue weighted by Gasteiger charge is -2.32. The first-order valence-corrected chi connectivity index (χ1v) is 5.12. The number of aromatic nitrogens is 2. The predicted octanol–water partition coefficient (Wildman–Crippen LogP) is 0.167. The third kappa shape index (κ3) is 2.13. The first kappa shape index (κ1) is 9.68. The Balaban J connectivity index is 1.89.